The Labute approximate surface area is 185 Å². The molecule has 0 radical (unpaired) electrons. The van der Waals surface area contributed by atoms with Crippen LogP contribution in [0.5, 0.6) is 0 Å². The van der Waals surface area contributed by atoms with E-state index in [1.807, 2.05) is 54.6 Å². The van der Waals surface area contributed by atoms with E-state index in [2.05, 4.69) is 15.5 Å². The molecule has 3 aromatic carbocycles. The van der Waals surface area contributed by atoms with E-state index in [1.54, 1.807) is 4.40 Å². The maximum Gasteiger partial charge on any atom is 0.234 e. The van der Waals surface area contributed by atoms with Gasteiger partial charge in [0, 0.05) is 17.0 Å². The molecule has 32 heavy (non-hydrogen) atoms. The number of thioether (sulfide) groups is 1. The second kappa shape index (κ2) is 8.35. The molecule has 0 fully saturated rings. The molecular weight excluding hydrogens is 432 g/mol. The fraction of sp³-hybridized carbons (Fsp3) is 0.0435. The quantitative estimate of drug-likeness (QED) is 0.386. The third kappa shape index (κ3) is 3.78. The summed E-state index contributed by atoms with van der Waals surface area (Å²) in [5.74, 6) is -1.27. The van der Waals surface area contributed by atoms with Gasteiger partial charge in [-0.15, -0.1) is 10.2 Å². The number of halogens is 2. The molecule has 1 amide bonds. The maximum atomic E-state index is 13.8. The minimum Gasteiger partial charge on any atom is -0.323 e. The SMILES string of the molecule is O=C(CSc1nnc2c3ccccc3nc(-c3ccccc3)n12)Nc1cc(F)ccc1F. The third-order valence-electron chi connectivity index (χ3n) is 4.78. The van der Waals surface area contributed by atoms with Crippen molar-refractivity contribution in [1.82, 2.24) is 19.6 Å². The number of para-hydroxylation sites is 1. The van der Waals surface area contributed by atoms with E-state index in [4.69, 9.17) is 4.98 Å². The number of benzene rings is 3. The monoisotopic (exact) mass is 447 g/mol. The Balaban J connectivity index is 1.50. The highest BCUT2D eigenvalue weighted by Crippen LogP contribution is 2.29. The summed E-state index contributed by atoms with van der Waals surface area (Å²) < 4.78 is 29.0. The predicted molar refractivity (Wildman–Crippen MR) is 119 cm³/mol. The predicted octanol–water partition coefficient (Wildman–Crippen LogP) is 4.95. The summed E-state index contributed by atoms with van der Waals surface area (Å²) in [6.07, 6.45) is 0. The van der Waals surface area contributed by atoms with Crippen molar-refractivity contribution in [2.45, 2.75) is 5.16 Å². The molecule has 2 heterocycles. The summed E-state index contributed by atoms with van der Waals surface area (Å²) >= 11 is 1.13. The average Bonchev–Trinajstić information content (AvgIpc) is 3.24. The second-order valence-electron chi connectivity index (χ2n) is 6.92. The van der Waals surface area contributed by atoms with Gasteiger partial charge in [-0.2, -0.15) is 0 Å². The first kappa shape index (κ1) is 20.1. The largest absolute Gasteiger partial charge is 0.323 e. The summed E-state index contributed by atoms with van der Waals surface area (Å²) in [5, 5.41) is 12.3. The zero-order chi connectivity index (χ0) is 22.1. The van der Waals surface area contributed by atoms with E-state index in [1.165, 1.54) is 0 Å². The first-order chi connectivity index (χ1) is 15.6. The molecule has 0 bridgehead atoms. The number of amides is 1. The minimum absolute atomic E-state index is 0.0716. The van der Waals surface area contributed by atoms with Crippen molar-refractivity contribution in [3.63, 3.8) is 0 Å². The summed E-state index contributed by atoms with van der Waals surface area (Å²) in [6.45, 7) is 0. The molecule has 0 saturated heterocycles. The zero-order valence-electron chi connectivity index (χ0n) is 16.5. The standard InChI is InChI=1S/C23H15F2N5OS/c24-15-10-11-17(25)19(12-15)26-20(31)13-32-23-29-28-22-16-8-4-5-9-18(16)27-21(30(22)23)14-6-2-1-3-7-14/h1-12H,13H2,(H,26,31). The van der Waals surface area contributed by atoms with Gasteiger partial charge in [-0.1, -0.05) is 54.2 Å². The second-order valence-corrected chi connectivity index (χ2v) is 7.86. The van der Waals surface area contributed by atoms with Crippen molar-refractivity contribution in [1.29, 1.82) is 0 Å². The molecule has 1 N–H and O–H groups in total. The number of aromatic nitrogens is 4. The van der Waals surface area contributed by atoms with Gasteiger partial charge in [-0.25, -0.2) is 13.8 Å². The van der Waals surface area contributed by atoms with E-state index in [-0.39, 0.29) is 11.4 Å². The van der Waals surface area contributed by atoms with Crippen molar-refractivity contribution in [2.75, 3.05) is 11.1 Å². The van der Waals surface area contributed by atoms with Crippen LogP contribution in [0.2, 0.25) is 0 Å². The molecule has 5 rings (SSSR count). The minimum atomic E-state index is -0.709. The third-order valence-corrected chi connectivity index (χ3v) is 5.71. The Morgan fingerprint density at radius 3 is 2.59 bits per heavy atom. The summed E-state index contributed by atoms with van der Waals surface area (Å²) in [5.41, 5.74) is 2.06. The number of fused-ring (bicyclic) bond motifs is 3. The molecule has 158 valence electrons. The lowest BCUT2D eigenvalue weighted by atomic mass is 10.2. The Morgan fingerprint density at radius 1 is 0.969 bits per heavy atom. The van der Waals surface area contributed by atoms with E-state index >= 15 is 0 Å². The summed E-state index contributed by atoms with van der Waals surface area (Å²) in [6, 6.07) is 20.1. The topological polar surface area (TPSA) is 72.2 Å². The average molecular weight is 447 g/mol. The number of anilines is 1. The molecule has 0 spiro atoms. The lowest BCUT2D eigenvalue weighted by molar-refractivity contribution is -0.113. The van der Waals surface area contributed by atoms with Gasteiger partial charge in [0.1, 0.15) is 17.5 Å². The van der Waals surface area contributed by atoms with Crippen molar-refractivity contribution in [2.24, 2.45) is 0 Å². The van der Waals surface area contributed by atoms with Crippen molar-refractivity contribution < 1.29 is 13.6 Å². The maximum absolute atomic E-state index is 13.8. The van der Waals surface area contributed by atoms with Crippen LogP contribution < -0.4 is 5.32 Å². The van der Waals surface area contributed by atoms with Crippen LogP contribution in [0.1, 0.15) is 0 Å². The smallest absolute Gasteiger partial charge is 0.234 e. The number of hydrogen-bond donors (Lipinski definition) is 1. The molecule has 0 unspecified atom stereocenters. The highest BCUT2D eigenvalue weighted by Gasteiger charge is 2.18. The summed E-state index contributed by atoms with van der Waals surface area (Å²) in [4.78, 5) is 17.2. The highest BCUT2D eigenvalue weighted by molar-refractivity contribution is 7.99. The number of nitrogens with one attached hydrogen (secondary N) is 1. The molecule has 0 atom stereocenters. The van der Waals surface area contributed by atoms with Crippen LogP contribution in [0.4, 0.5) is 14.5 Å². The van der Waals surface area contributed by atoms with E-state index in [9.17, 15) is 13.6 Å². The first-order valence-corrected chi connectivity index (χ1v) is 10.7. The Morgan fingerprint density at radius 2 is 1.75 bits per heavy atom. The molecule has 2 aromatic heterocycles. The fourth-order valence-corrected chi connectivity index (χ4v) is 4.08. The number of carbonyl (C=O) groups is 1. The molecular formula is C23H15F2N5OS. The van der Waals surface area contributed by atoms with Gasteiger partial charge < -0.3 is 5.32 Å². The van der Waals surface area contributed by atoms with Crippen LogP contribution in [-0.4, -0.2) is 31.2 Å². The molecule has 0 aliphatic rings. The van der Waals surface area contributed by atoms with Crippen LogP contribution in [-0.2, 0) is 4.79 Å². The number of nitrogens with zero attached hydrogens (tertiary/aromatic N) is 4. The molecule has 0 aliphatic carbocycles. The lowest BCUT2D eigenvalue weighted by Gasteiger charge is -2.10. The Kier molecular flexibility index (Phi) is 5.24. The van der Waals surface area contributed by atoms with Crippen molar-refractivity contribution in [3.8, 4) is 11.4 Å². The van der Waals surface area contributed by atoms with Crippen LogP contribution in [0, 0.1) is 11.6 Å². The number of rotatable bonds is 5. The normalized spacial score (nSPS) is 11.2. The Hall–Kier alpha value is -3.85. The van der Waals surface area contributed by atoms with Gasteiger partial charge in [-0.3, -0.25) is 9.20 Å². The van der Waals surface area contributed by atoms with Crippen LogP contribution in [0.15, 0.2) is 78.0 Å². The van der Waals surface area contributed by atoms with E-state index in [0.717, 1.165) is 46.4 Å². The zero-order valence-corrected chi connectivity index (χ0v) is 17.3. The molecule has 0 aliphatic heterocycles. The Bertz CT molecular complexity index is 1460. The van der Waals surface area contributed by atoms with Gasteiger partial charge >= 0.3 is 0 Å². The summed E-state index contributed by atoms with van der Waals surface area (Å²) in [7, 11) is 0. The van der Waals surface area contributed by atoms with E-state index in [0.29, 0.717) is 16.6 Å². The number of carbonyl (C=O) groups excluding carboxylic acids is 1. The fourth-order valence-electron chi connectivity index (χ4n) is 3.34. The van der Waals surface area contributed by atoms with Crippen LogP contribution in [0.25, 0.3) is 27.9 Å². The van der Waals surface area contributed by atoms with Crippen LogP contribution in [0.3, 0.4) is 0 Å². The first-order valence-electron chi connectivity index (χ1n) is 9.67. The van der Waals surface area contributed by atoms with E-state index < -0.39 is 17.5 Å². The van der Waals surface area contributed by atoms with Gasteiger partial charge in [0.2, 0.25) is 5.91 Å². The van der Waals surface area contributed by atoms with Gasteiger partial charge in [0.05, 0.1) is 17.0 Å². The highest BCUT2D eigenvalue weighted by atomic mass is 32.2. The molecule has 6 nitrogen and oxygen atoms in total. The van der Waals surface area contributed by atoms with Crippen molar-refractivity contribution >= 4 is 39.9 Å². The molecule has 9 heteroatoms. The lowest BCUT2D eigenvalue weighted by Crippen LogP contribution is -2.15. The molecule has 0 saturated carbocycles. The van der Waals surface area contributed by atoms with Gasteiger partial charge in [0.15, 0.2) is 10.8 Å². The molecule has 5 aromatic rings. The number of hydrogen-bond acceptors (Lipinski definition) is 5. The van der Waals surface area contributed by atoms with Crippen molar-refractivity contribution in [3.05, 3.63) is 84.4 Å². The van der Waals surface area contributed by atoms with Crippen LogP contribution >= 0.6 is 11.8 Å². The van der Waals surface area contributed by atoms with Gasteiger partial charge in [-0.05, 0) is 24.3 Å². The van der Waals surface area contributed by atoms with Gasteiger partial charge in [0.25, 0.3) is 0 Å².